The van der Waals surface area contributed by atoms with E-state index in [0.717, 1.165) is 16.7 Å². The lowest BCUT2D eigenvalue weighted by Gasteiger charge is -2.60. The van der Waals surface area contributed by atoms with Crippen LogP contribution in [0.4, 0.5) is 13.2 Å². The SMILES string of the molecule is COc1c(C)cc2c(c1O)[C@@H]1C3[C@@H]4SC[C@]5(N[C@H](COC(=O)C(F)(F)F)Cc6c5oc5ccccc65)C(=O)OC[C@@H](c5c6c(c(C)c(OC(C)=O)c54)OCO6)N3[C@@]3(C)CN1C2(C)C3. The van der Waals surface area contributed by atoms with E-state index in [2.05, 4.69) is 35.0 Å². The number of phenols is 1. The Bertz CT molecular complexity index is 2710. The number of aromatic hydroxyl groups is 1. The van der Waals surface area contributed by atoms with Gasteiger partial charge in [0, 0.05) is 75.6 Å². The van der Waals surface area contributed by atoms with E-state index in [4.69, 9.17) is 32.8 Å². The molecule has 63 heavy (non-hydrogen) atoms. The van der Waals surface area contributed by atoms with Gasteiger partial charge in [-0.1, -0.05) is 18.2 Å². The minimum atomic E-state index is -5.23. The van der Waals surface area contributed by atoms with Gasteiger partial charge in [-0.25, -0.2) is 9.59 Å². The first kappa shape index (κ1) is 40.6. The highest BCUT2D eigenvalue weighted by Gasteiger charge is 2.71. The Labute approximate surface area is 363 Å². The van der Waals surface area contributed by atoms with Gasteiger partial charge in [-0.15, -0.1) is 11.8 Å². The Morgan fingerprint density at radius 1 is 1.06 bits per heavy atom. The molecule has 8 aliphatic heterocycles. The number of carbonyl (C=O) groups is 3. The van der Waals surface area contributed by atoms with Gasteiger partial charge >= 0.3 is 24.1 Å². The molecule has 0 aliphatic carbocycles. The molecule has 4 aromatic rings. The number of fused-ring (bicyclic) bond motifs is 11. The third-order valence-corrected chi connectivity index (χ3v) is 15.9. The Morgan fingerprint density at radius 3 is 2.57 bits per heavy atom. The number of phenolic OH excluding ortho intramolecular Hbond substituents is 1. The molecule has 18 heteroatoms. The van der Waals surface area contributed by atoms with Crippen LogP contribution in [-0.2, 0) is 41.4 Å². The van der Waals surface area contributed by atoms with E-state index in [1.807, 2.05) is 13.0 Å². The van der Waals surface area contributed by atoms with Crippen molar-refractivity contribution in [2.24, 2.45) is 0 Å². The molecule has 9 heterocycles. The average Bonchev–Trinajstić information content (AvgIpc) is 3.97. The van der Waals surface area contributed by atoms with Crippen molar-refractivity contribution < 1.29 is 65.5 Å². The van der Waals surface area contributed by atoms with Crippen LogP contribution in [0.2, 0.25) is 0 Å². The van der Waals surface area contributed by atoms with Crippen LogP contribution in [0.5, 0.6) is 28.7 Å². The molecule has 3 saturated heterocycles. The second-order valence-corrected chi connectivity index (χ2v) is 19.3. The number of hydrogen-bond acceptors (Lipinski definition) is 15. The molecule has 0 radical (unpaired) electrons. The van der Waals surface area contributed by atoms with Gasteiger partial charge in [-0.3, -0.25) is 19.9 Å². The van der Waals surface area contributed by atoms with Crippen molar-refractivity contribution in [3.8, 4) is 28.7 Å². The minimum Gasteiger partial charge on any atom is -0.504 e. The van der Waals surface area contributed by atoms with Crippen LogP contribution in [0.15, 0.2) is 34.7 Å². The van der Waals surface area contributed by atoms with Crippen LogP contribution in [0, 0.1) is 13.8 Å². The molecule has 2 unspecified atom stereocenters. The fraction of sp³-hybridized carbons (Fsp3) is 0.489. The summed E-state index contributed by atoms with van der Waals surface area (Å²) in [4.78, 5) is 45.2. The topological polar surface area (TPSA) is 158 Å². The molecule has 4 bridgehead atoms. The first-order chi connectivity index (χ1) is 29.9. The summed E-state index contributed by atoms with van der Waals surface area (Å²) in [6.07, 6.45) is -4.50. The number of carbonyl (C=O) groups excluding carboxylic acids is 3. The third-order valence-electron chi connectivity index (χ3n) is 14.5. The fourth-order valence-electron chi connectivity index (χ4n) is 12.4. The highest BCUT2D eigenvalue weighted by atomic mass is 32.2. The van der Waals surface area contributed by atoms with Crippen LogP contribution < -0.4 is 24.3 Å². The summed E-state index contributed by atoms with van der Waals surface area (Å²) in [7, 11) is 1.53. The number of nitrogens with one attached hydrogen (secondary N) is 1. The summed E-state index contributed by atoms with van der Waals surface area (Å²) < 4.78 is 82.6. The number of para-hydroxylation sites is 1. The zero-order chi connectivity index (χ0) is 44.3. The highest BCUT2D eigenvalue weighted by Crippen LogP contribution is 2.71. The number of thioether (sulfide) groups is 1. The standard InChI is InChI=1S/C45H44F3N3O11S/c1-19-11-25-28(33(53)34(19)56-6)31-32-38-30-29(37-36(59-18-60-37)20(2)35(30)61-21(3)52)26(51(32)42(4)15-43(25,5)50(31)16-42)14-58-40(54)44(17-63-38)39-24(23-9-7-8-10-27(23)62-39)12-22(49-44)13-57-41(55)45(46,47)48/h7-11,22,26,31-32,38,49,53H,12-18H2,1-6H3/t22-,26-,31+,32?,38+,42+,43?,44+/m0/s1. The number of alkyl halides is 3. The second kappa shape index (κ2) is 13.4. The maximum atomic E-state index is 15.2. The van der Waals surface area contributed by atoms with Crippen molar-refractivity contribution >= 4 is 40.6 Å². The number of methoxy groups -OCH3 is 1. The summed E-state index contributed by atoms with van der Waals surface area (Å²) in [5, 5.41) is 15.6. The van der Waals surface area contributed by atoms with Crippen molar-refractivity contribution in [1.29, 1.82) is 0 Å². The van der Waals surface area contributed by atoms with Gasteiger partial charge in [0.15, 0.2) is 28.5 Å². The number of furan rings is 1. The number of ether oxygens (including phenoxy) is 6. The molecular weight excluding hydrogens is 848 g/mol. The molecular formula is C45H44F3N3O11S. The van der Waals surface area contributed by atoms with Crippen molar-refractivity contribution in [2.75, 3.05) is 39.4 Å². The zero-order valence-electron chi connectivity index (χ0n) is 35.2. The van der Waals surface area contributed by atoms with E-state index in [1.54, 1.807) is 25.1 Å². The number of halogens is 3. The van der Waals surface area contributed by atoms with Crippen LogP contribution in [0.1, 0.15) is 89.2 Å². The summed E-state index contributed by atoms with van der Waals surface area (Å²) in [6.45, 7) is 9.02. The number of esters is 3. The zero-order valence-corrected chi connectivity index (χ0v) is 36.0. The summed E-state index contributed by atoms with van der Waals surface area (Å²) in [5.74, 6) is -1.94. The molecule has 0 saturated carbocycles. The Balaban J connectivity index is 1.15. The van der Waals surface area contributed by atoms with Gasteiger partial charge in [0.25, 0.3) is 0 Å². The van der Waals surface area contributed by atoms with Gasteiger partial charge in [0.05, 0.1) is 24.4 Å². The third kappa shape index (κ3) is 5.40. The van der Waals surface area contributed by atoms with Gasteiger partial charge < -0.3 is 37.9 Å². The molecule has 3 aromatic carbocycles. The Hall–Kier alpha value is -5.17. The predicted octanol–water partition coefficient (Wildman–Crippen LogP) is 6.44. The summed E-state index contributed by atoms with van der Waals surface area (Å²) in [5.41, 5.74) is 2.50. The van der Waals surface area contributed by atoms with Crippen molar-refractivity contribution in [3.63, 3.8) is 0 Å². The van der Waals surface area contributed by atoms with Crippen molar-refractivity contribution in [2.45, 2.75) is 99.7 Å². The van der Waals surface area contributed by atoms with Gasteiger partial charge in [0.2, 0.25) is 6.79 Å². The molecule has 1 aromatic heterocycles. The van der Waals surface area contributed by atoms with Crippen molar-refractivity contribution in [3.05, 3.63) is 75.0 Å². The number of nitrogens with zero attached hydrogens (tertiary/aromatic N) is 2. The maximum absolute atomic E-state index is 15.2. The number of piperazine rings is 1. The van der Waals surface area contributed by atoms with E-state index in [0.29, 0.717) is 63.4 Å². The van der Waals surface area contributed by atoms with E-state index in [1.165, 1.54) is 25.8 Å². The normalized spacial score (nSPS) is 31.3. The second-order valence-electron chi connectivity index (χ2n) is 18.2. The lowest BCUT2D eigenvalue weighted by atomic mass is 9.72. The fourth-order valence-corrected chi connectivity index (χ4v) is 14.0. The summed E-state index contributed by atoms with van der Waals surface area (Å²) in [6, 6.07) is 6.60. The molecule has 1 spiro atoms. The smallest absolute Gasteiger partial charge is 0.490 e. The van der Waals surface area contributed by atoms with Crippen LogP contribution in [0.3, 0.4) is 0 Å². The quantitative estimate of drug-likeness (QED) is 0.170. The lowest BCUT2D eigenvalue weighted by molar-refractivity contribution is -0.200. The van der Waals surface area contributed by atoms with Crippen LogP contribution in [0.25, 0.3) is 11.0 Å². The molecule has 12 rings (SSSR count). The molecule has 8 atom stereocenters. The van der Waals surface area contributed by atoms with E-state index in [-0.39, 0.29) is 42.8 Å². The number of hydrogen-bond donors (Lipinski definition) is 2. The number of benzene rings is 3. The molecule has 8 aliphatic rings. The van der Waals surface area contributed by atoms with E-state index in [9.17, 15) is 27.9 Å². The molecule has 332 valence electrons. The van der Waals surface area contributed by atoms with Gasteiger partial charge in [-0.05, 0) is 63.8 Å². The van der Waals surface area contributed by atoms with Crippen molar-refractivity contribution in [1.82, 2.24) is 15.1 Å². The van der Waals surface area contributed by atoms with Gasteiger partial charge in [-0.2, -0.15) is 13.2 Å². The number of rotatable bonds is 4. The van der Waals surface area contributed by atoms with Crippen LogP contribution >= 0.6 is 11.8 Å². The largest absolute Gasteiger partial charge is 0.504 e. The predicted molar refractivity (Wildman–Crippen MR) is 218 cm³/mol. The maximum Gasteiger partial charge on any atom is 0.490 e. The molecule has 2 N–H and O–H groups in total. The lowest BCUT2D eigenvalue weighted by Crippen LogP contribution is -2.67. The average molecular weight is 892 g/mol. The van der Waals surface area contributed by atoms with E-state index >= 15 is 4.79 Å². The molecule has 0 amide bonds. The number of aryl methyl sites for hydroxylation is 1. The first-order valence-electron chi connectivity index (χ1n) is 20.8. The Kier molecular flexibility index (Phi) is 8.66. The summed E-state index contributed by atoms with van der Waals surface area (Å²) >= 11 is 1.38. The van der Waals surface area contributed by atoms with E-state index < -0.39 is 76.7 Å². The molecule has 14 nitrogen and oxygen atoms in total. The highest BCUT2D eigenvalue weighted by molar-refractivity contribution is 7.99. The monoisotopic (exact) mass is 891 g/mol. The first-order valence-corrected chi connectivity index (χ1v) is 21.9. The minimum absolute atomic E-state index is 0.0388. The van der Waals surface area contributed by atoms with Gasteiger partial charge in [0.1, 0.15) is 30.3 Å². The molecule has 3 fully saturated rings. The Morgan fingerprint density at radius 2 is 1.83 bits per heavy atom. The van der Waals surface area contributed by atoms with Crippen LogP contribution in [-0.4, -0.2) is 96.0 Å².